The van der Waals surface area contributed by atoms with Gasteiger partial charge in [0.05, 0.1) is 10.6 Å². The number of pyridine rings is 1. The number of likely N-dealkylation sites (tertiary alicyclic amines) is 2. The SMILES string of the molecule is O=C(c1ccncc1Cl)N1CCCC12CCCN(CCc1ccccc1)C2=O. The van der Waals surface area contributed by atoms with Crippen LogP contribution in [0.5, 0.6) is 0 Å². The van der Waals surface area contributed by atoms with Gasteiger partial charge < -0.3 is 9.80 Å². The molecule has 2 fully saturated rings. The van der Waals surface area contributed by atoms with Crippen molar-refractivity contribution in [1.82, 2.24) is 14.8 Å². The number of nitrogens with zero attached hydrogens (tertiary/aromatic N) is 3. The number of hydrogen-bond donors (Lipinski definition) is 0. The zero-order valence-electron chi connectivity index (χ0n) is 15.8. The Morgan fingerprint density at radius 2 is 1.86 bits per heavy atom. The summed E-state index contributed by atoms with van der Waals surface area (Å²) >= 11 is 6.20. The van der Waals surface area contributed by atoms with Crippen molar-refractivity contribution in [1.29, 1.82) is 0 Å². The molecule has 4 rings (SSSR count). The fourth-order valence-electron chi connectivity index (χ4n) is 4.54. The van der Waals surface area contributed by atoms with Crippen molar-refractivity contribution >= 4 is 23.4 Å². The average Bonchev–Trinajstić information content (AvgIpc) is 3.14. The minimum atomic E-state index is -0.724. The number of piperidine rings is 1. The highest BCUT2D eigenvalue weighted by Gasteiger charge is 2.52. The predicted molar refractivity (Wildman–Crippen MR) is 108 cm³/mol. The van der Waals surface area contributed by atoms with Crippen molar-refractivity contribution in [3.05, 3.63) is 64.9 Å². The summed E-state index contributed by atoms with van der Waals surface area (Å²) in [6.45, 7) is 2.03. The molecule has 0 aliphatic carbocycles. The second kappa shape index (κ2) is 7.92. The van der Waals surface area contributed by atoms with E-state index in [4.69, 9.17) is 11.6 Å². The van der Waals surface area contributed by atoms with Crippen molar-refractivity contribution in [2.45, 2.75) is 37.6 Å². The van der Waals surface area contributed by atoms with Crippen molar-refractivity contribution < 1.29 is 9.59 Å². The number of halogens is 1. The molecule has 2 saturated heterocycles. The van der Waals surface area contributed by atoms with E-state index in [1.54, 1.807) is 17.2 Å². The van der Waals surface area contributed by atoms with Gasteiger partial charge in [-0.15, -0.1) is 0 Å². The Morgan fingerprint density at radius 1 is 1.11 bits per heavy atom. The summed E-state index contributed by atoms with van der Waals surface area (Å²) in [7, 11) is 0. The largest absolute Gasteiger partial charge is 0.340 e. The highest BCUT2D eigenvalue weighted by atomic mass is 35.5. The van der Waals surface area contributed by atoms with Crippen LogP contribution in [0.15, 0.2) is 48.8 Å². The van der Waals surface area contributed by atoms with Gasteiger partial charge in [0.15, 0.2) is 0 Å². The van der Waals surface area contributed by atoms with Crippen LogP contribution in [0.1, 0.15) is 41.6 Å². The topological polar surface area (TPSA) is 53.5 Å². The van der Waals surface area contributed by atoms with Crippen LogP contribution in [0.2, 0.25) is 5.02 Å². The Kier molecular flexibility index (Phi) is 5.36. The summed E-state index contributed by atoms with van der Waals surface area (Å²) in [6, 6.07) is 11.8. The monoisotopic (exact) mass is 397 g/mol. The summed E-state index contributed by atoms with van der Waals surface area (Å²) < 4.78 is 0. The summed E-state index contributed by atoms with van der Waals surface area (Å²) in [5.41, 5.74) is 0.920. The molecule has 2 amide bonds. The fraction of sp³-hybridized carbons (Fsp3) is 0.409. The minimum Gasteiger partial charge on any atom is -0.340 e. The van der Waals surface area contributed by atoms with Gasteiger partial charge in [-0.25, -0.2) is 0 Å². The smallest absolute Gasteiger partial charge is 0.256 e. The molecular weight excluding hydrogens is 374 g/mol. The van der Waals surface area contributed by atoms with Gasteiger partial charge in [-0.1, -0.05) is 41.9 Å². The van der Waals surface area contributed by atoms with Crippen molar-refractivity contribution in [3.63, 3.8) is 0 Å². The summed E-state index contributed by atoms with van der Waals surface area (Å²) in [5, 5.41) is 0.332. The maximum Gasteiger partial charge on any atom is 0.256 e. The molecule has 28 heavy (non-hydrogen) atoms. The first-order chi connectivity index (χ1) is 13.6. The first-order valence-corrected chi connectivity index (χ1v) is 10.2. The second-order valence-electron chi connectivity index (χ2n) is 7.58. The van der Waals surface area contributed by atoms with E-state index in [1.165, 1.54) is 11.8 Å². The molecule has 2 aromatic rings. The molecule has 2 aliphatic rings. The third-order valence-electron chi connectivity index (χ3n) is 5.95. The highest BCUT2D eigenvalue weighted by Crippen LogP contribution is 2.39. The Labute approximate surface area is 170 Å². The molecule has 0 radical (unpaired) electrons. The molecule has 2 aliphatic heterocycles. The van der Waals surface area contributed by atoms with E-state index < -0.39 is 5.54 Å². The van der Waals surface area contributed by atoms with Crippen LogP contribution in [0.4, 0.5) is 0 Å². The number of rotatable bonds is 4. The molecule has 1 atom stereocenters. The fourth-order valence-corrected chi connectivity index (χ4v) is 4.74. The molecule has 3 heterocycles. The number of carbonyl (C=O) groups is 2. The van der Waals surface area contributed by atoms with Crippen molar-refractivity contribution in [2.75, 3.05) is 19.6 Å². The lowest BCUT2D eigenvalue weighted by Gasteiger charge is -2.44. The Balaban J connectivity index is 1.54. The number of carbonyl (C=O) groups excluding carboxylic acids is 2. The maximum atomic E-state index is 13.5. The molecule has 1 spiro atoms. The van der Waals surface area contributed by atoms with Gasteiger partial charge in [-0.3, -0.25) is 14.6 Å². The van der Waals surface area contributed by atoms with Crippen LogP contribution < -0.4 is 0 Å². The Hall–Kier alpha value is -2.40. The minimum absolute atomic E-state index is 0.0886. The van der Waals surface area contributed by atoms with Gasteiger partial charge in [0, 0.05) is 32.0 Å². The Morgan fingerprint density at radius 3 is 2.61 bits per heavy atom. The van der Waals surface area contributed by atoms with Crippen LogP contribution in [-0.2, 0) is 11.2 Å². The van der Waals surface area contributed by atoms with E-state index in [1.807, 2.05) is 23.1 Å². The lowest BCUT2D eigenvalue weighted by Crippen LogP contribution is -2.61. The van der Waals surface area contributed by atoms with Gasteiger partial charge in [-0.05, 0) is 43.7 Å². The average molecular weight is 398 g/mol. The molecule has 146 valence electrons. The predicted octanol–water partition coefficient (Wildman–Crippen LogP) is 3.57. The van der Waals surface area contributed by atoms with E-state index >= 15 is 0 Å². The van der Waals surface area contributed by atoms with Crippen LogP contribution >= 0.6 is 11.6 Å². The molecule has 1 aromatic carbocycles. The van der Waals surface area contributed by atoms with Crippen molar-refractivity contribution in [2.24, 2.45) is 0 Å². The normalized spacial score (nSPS) is 22.1. The molecule has 1 aromatic heterocycles. The maximum absolute atomic E-state index is 13.5. The first-order valence-electron chi connectivity index (χ1n) is 9.87. The second-order valence-corrected chi connectivity index (χ2v) is 7.99. The quantitative estimate of drug-likeness (QED) is 0.792. The standard InChI is InChI=1S/C22H24ClN3O2/c23-19-16-24-12-8-18(19)20(27)26-14-5-11-22(26)10-4-13-25(21(22)28)15-9-17-6-2-1-3-7-17/h1-3,6-8,12,16H,4-5,9-11,13-15H2. The van der Waals surface area contributed by atoms with Crippen LogP contribution in [-0.4, -0.2) is 51.8 Å². The van der Waals surface area contributed by atoms with E-state index in [-0.39, 0.29) is 11.8 Å². The van der Waals surface area contributed by atoms with E-state index in [9.17, 15) is 9.59 Å². The molecule has 1 unspecified atom stereocenters. The van der Waals surface area contributed by atoms with Crippen LogP contribution in [0.3, 0.4) is 0 Å². The van der Waals surface area contributed by atoms with Crippen LogP contribution in [0.25, 0.3) is 0 Å². The lowest BCUT2D eigenvalue weighted by molar-refractivity contribution is -0.145. The summed E-state index contributed by atoms with van der Waals surface area (Å²) in [6.07, 6.45) is 7.07. The van der Waals surface area contributed by atoms with E-state index in [2.05, 4.69) is 17.1 Å². The zero-order chi connectivity index (χ0) is 19.6. The number of amides is 2. The number of benzene rings is 1. The first kappa shape index (κ1) is 18.9. The highest BCUT2D eigenvalue weighted by molar-refractivity contribution is 6.33. The van der Waals surface area contributed by atoms with Gasteiger partial charge in [0.2, 0.25) is 5.91 Å². The molecular formula is C22H24ClN3O2. The van der Waals surface area contributed by atoms with Gasteiger partial charge in [0.1, 0.15) is 5.54 Å². The molecule has 0 saturated carbocycles. The molecule has 0 bridgehead atoms. The lowest BCUT2D eigenvalue weighted by atomic mass is 9.85. The van der Waals surface area contributed by atoms with Gasteiger partial charge in [0.25, 0.3) is 5.91 Å². The summed E-state index contributed by atoms with van der Waals surface area (Å²) in [4.78, 5) is 34.4. The van der Waals surface area contributed by atoms with Gasteiger partial charge >= 0.3 is 0 Å². The number of hydrogen-bond acceptors (Lipinski definition) is 3. The molecule has 0 N–H and O–H groups in total. The molecule has 5 nitrogen and oxygen atoms in total. The molecule has 6 heteroatoms. The van der Waals surface area contributed by atoms with Gasteiger partial charge in [-0.2, -0.15) is 0 Å². The number of aromatic nitrogens is 1. The van der Waals surface area contributed by atoms with Crippen molar-refractivity contribution in [3.8, 4) is 0 Å². The summed E-state index contributed by atoms with van der Waals surface area (Å²) in [5.74, 6) is -0.0751. The van der Waals surface area contributed by atoms with E-state index in [0.29, 0.717) is 23.7 Å². The van der Waals surface area contributed by atoms with Crippen LogP contribution in [0, 0.1) is 0 Å². The third-order valence-corrected chi connectivity index (χ3v) is 6.25. The van der Waals surface area contributed by atoms with E-state index in [0.717, 1.165) is 38.6 Å². The third kappa shape index (κ3) is 3.39. The zero-order valence-corrected chi connectivity index (χ0v) is 16.6. The Bertz CT molecular complexity index is 873.